The molecule has 1 aliphatic rings. The predicted molar refractivity (Wildman–Crippen MR) is 127 cm³/mol. The second-order valence-electron chi connectivity index (χ2n) is 7.83. The van der Waals surface area contributed by atoms with Gasteiger partial charge in [-0.05, 0) is 30.5 Å². The molecule has 1 saturated heterocycles. The average molecular weight is 446 g/mol. The zero-order valence-electron chi connectivity index (χ0n) is 19.1. The first-order valence-corrected chi connectivity index (χ1v) is 11.9. The fraction of sp³-hybridized carbons (Fsp3) is 0.565. The van der Waals surface area contributed by atoms with Crippen LogP contribution in [0.15, 0.2) is 34.6 Å². The van der Waals surface area contributed by atoms with E-state index in [4.69, 9.17) is 19.5 Å². The average Bonchev–Trinajstić information content (AvgIpc) is 3.28. The summed E-state index contributed by atoms with van der Waals surface area (Å²) >= 11 is 1.68. The van der Waals surface area contributed by atoms with Crippen molar-refractivity contribution in [2.24, 2.45) is 4.99 Å². The second-order valence-corrected chi connectivity index (χ2v) is 8.78. The molecular weight excluding hydrogens is 410 g/mol. The van der Waals surface area contributed by atoms with Crippen LogP contribution in [0.25, 0.3) is 0 Å². The molecule has 170 valence electrons. The highest BCUT2D eigenvalue weighted by molar-refractivity contribution is 7.09. The topological polar surface area (TPSA) is 71.0 Å². The molecule has 8 heteroatoms. The van der Waals surface area contributed by atoms with Gasteiger partial charge in [0.25, 0.3) is 0 Å². The highest BCUT2D eigenvalue weighted by Gasteiger charge is 2.23. The molecule has 1 unspecified atom stereocenters. The Morgan fingerprint density at radius 2 is 1.97 bits per heavy atom. The van der Waals surface area contributed by atoms with Gasteiger partial charge in [-0.1, -0.05) is 26.0 Å². The fourth-order valence-corrected chi connectivity index (χ4v) is 4.40. The molecule has 0 radical (unpaired) electrons. The van der Waals surface area contributed by atoms with Crippen LogP contribution in [-0.2, 0) is 11.3 Å². The number of rotatable bonds is 9. The van der Waals surface area contributed by atoms with E-state index < -0.39 is 0 Å². The van der Waals surface area contributed by atoms with E-state index in [-0.39, 0.29) is 6.04 Å². The highest BCUT2D eigenvalue weighted by Crippen LogP contribution is 2.24. The van der Waals surface area contributed by atoms with Crippen LogP contribution in [0, 0.1) is 0 Å². The van der Waals surface area contributed by atoms with Crippen LogP contribution in [0.1, 0.15) is 49.0 Å². The number of morpholine rings is 1. The number of benzene rings is 1. The van der Waals surface area contributed by atoms with Crippen molar-refractivity contribution in [3.8, 4) is 5.75 Å². The lowest BCUT2D eigenvalue weighted by Gasteiger charge is -2.35. The summed E-state index contributed by atoms with van der Waals surface area (Å²) in [6, 6.07) is 8.57. The SMILES string of the molecule is CCNC(=NCc1nc(C(C)C)cs1)NCC(c1ccc(OC)cc1)N1CCOCC1. The summed E-state index contributed by atoms with van der Waals surface area (Å²) in [5.74, 6) is 2.13. The van der Waals surface area contributed by atoms with Crippen molar-refractivity contribution < 1.29 is 9.47 Å². The van der Waals surface area contributed by atoms with E-state index in [0.717, 1.165) is 61.8 Å². The van der Waals surface area contributed by atoms with E-state index in [1.807, 2.05) is 12.1 Å². The van der Waals surface area contributed by atoms with Crippen LogP contribution in [0.4, 0.5) is 0 Å². The zero-order valence-corrected chi connectivity index (χ0v) is 19.9. The molecule has 3 rings (SSSR count). The third-order valence-corrected chi connectivity index (χ3v) is 6.18. The van der Waals surface area contributed by atoms with Crippen LogP contribution in [0.3, 0.4) is 0 Å². The molecule has 31 heavy (non-hydrogen) atoms. The van der Waals surface area contributed by atoms with Gasteiger partial charge in [0, 0.05) is 31.6 Å². The summed E-state index contributed by atoms with van der Waals surface area (Å²) in [7, 11) is 1.70. The zero-order chi connectivity index (χ0) is 22.1. The lowest BCUT2D eigenvalue weighted by atomic mass is 10.0. The molecule has 2 N–H and O–H groups in total. The molecule has 0 saturated carbocycles. The first-order chi connectivity index (χ1) is 15.1. The Morgan fingerprint density at radius 1 is 1.23 bits per heavy atom. The number of thiazole rings is 1. The van der Waals surface area contributed by atoms with E-state index in [1.165, 1.54) is 5.56 Å². The summed E-state index contributed by atoms with van der Waals surface area (Å²) in [4.78, 5) is 11.9. The van der Waals surface area contributed by atoms with E-state index in [1.54, 1.807) is 18.4 Å². The number of nitrogens with zero attached hydrogens (tertiary/aromatic N) is 3. The molecule has 0 spiro atoms. The Hall–Kier alpha value is -2.16. The highest BCUT2D eigenvalue weighted by atomic mass is 32.1. The first-order valence-electron chi connectivity index (χ1n) is 11.0. The number of aliphatic imine (C=N–C) groups is 1. The predicted octanol–water partition coefficient (Wildman–Crippen LogP) is 3.40. The molecule has 1 aromatic carbocycles. The number of hydrogen-bond donors (Lipinski definition) is 2. The van der Waals surface area contributed by atoms with Gasteiger partial charge in [-0.3, -0.25) is 4.90 Å². The first kappa shape index (κ1) is 23.5. The summed E-state index contributed by atoms with van der Waals surface area (Å²) in [6.07, 6.45) is 0. The van der Waals surface area contributed by atoms with Crippen molar-refractivity contribution in [1.29, 1.82) is 0 Å². The van der Waals surface area contributed by atoms with Gasteiger partial charge in [0.05, 0.1) is 38.6 Å². The molecule has 7 nitrogen and oxygen atoms in total. The van der Waals surface area contributed by atoms with E-state index >= 15 is 0 Å². The third kappa shape index (κ3) is 6.92. The normalized spacial score (nSPS) is 16.4. The van der Waals surface area contributed by atoms with Crippen molar-refractivity contribution >= 4 is 17.3 Å². The summed E-state index contributed by atoms with van der Waals surface area (Å²) < 4.78 is 10.9. The van der Waals surface area contributed by atoms with Gasteiger partial charge in [-0.15, -0.1) is 11.3 Å². The summed E-state index contributed by atoms with van der Waals surface area (Å²) in [5.41, 5.74) is 2.40. The van der Waals surface area contributed by atoms with E-state index in [0.29, 0.717) is 12.5 Å². The number of nitrogens with one attached hydrogen (secondary N) is 2. The maximum absolute atomic E-state index is 5.57. The number of methoxy groups -OCH3 is 1. The Morgan fingerprint density at radius 3 is 2.58 bits per heavy atom. The van der Waals surface area contributed by atoms with Crippen molar-refractivity contribution in [2.75, 3.05) is 46.5 Å². The fourth-order valence-electron chi connectivity index (χ4n) is 3.52. The Kier molecular flexibility index (Phi) is 9.12. The molecule has 2 heterocycles. The maximum Gasteiger partial charge on any atom is 0.191 e. The minimum absolute atomic E-state index is 0.228. The van der Waals surface area contributed by atoms with Crippen LogP contribution in [0.2, 0.25) is 0 Å². The molecule has 0 bridgehead atoms. The molecule has 1 atom stereocenters. The van der Waals surface area contributed by atoms with Gasteiger partial charge < -0.3 is 20.1 Å². The van der Waals surface area contributed by atoms with E-state index in [9.17, 15) is 0 Å². The van der Waals surface area contributed by atoms with Gasteiger partial charge >= 0.3 is 0 Å². The van der Waals surface area contributed by atoms with Crippen LogP contribution >= 0.6 is 11.3 Å². The standard InChI is InChI=1S/C23H35N5O2S/c1-5-24-23(26-15-22-27-20(16-31-22)17(2)3)25-14-21(28-10-12-30-13-11-28)18-6-8-19(29-4)9-7-18/h6-9,16-17,21H,5,10-15H2,1-4H3,(H2,24,25,26). The molecule has 0 aliphatic carbocycles. The Labute approximate surface area is 189 Å². The molecule has 2 aromatic rings. The molecule has 1 fully saturated rings. The minimum atomic E-state index is 0.228. The van der Waals surface area contributed by atoms with Crippen molar-refractivity contribution in [3.63, 3.8) is 0 Å². The summed E-state index contributed by atoms with van der Waals surface area (Å²) in [5, 5.41) is 10.1. The number of ether oxygens (including phenoxy) is 2. The van der Waals surface area contributed by atoms with Crippen LogP contribution in [-0.4, -0.2) is 62.3 Å². The van der Waals surface area contributed by atoms with Gasteiger partial charge in [0.15, 0.2) is 5.96 Å². The maximum atomic E-state index is 5.57. The van der Waals surface area contributed by atoms with Crippen molar-refractivity contribution in [3.05, 3.63) is 45.9 Å². The monoisotopic (exact) mass is 445 g/mol. The minimum Gasteiger partial charge on any atom is -0.497 e. The van der Waals surface area contributed by atoms with Crippen LogP contribution < -0.4 is 15.4 Å². The lowest BCUT2D eigenvalue weighted by molar-refractivity contribution is 0.0170. The smallest absolute Gasteiger partial charge is 0.191 e. The number of aromatic nitrogens is 1. The van der Waals surface area contributed by atoms with Gasteiger partial charge in [-0.2, -0.15) is 0 Å². The Balaban J connectivity index is 1.69. The molecule has 1 aromatic heterocycles. The van der Waals surface area contributed by atoms with Gasteiger partial charge in [-0.25, -0.2) is 9.98 Å². The van der Waals surface area contributed by atoms with Crippen molar-refractivity contribution in [1.82, 2.24) is 20.5 Å². The van der Waals surface area contributed by atoms with E-state index in [2.05, 4.69) is 53.8 Å². The molecular formula is C23H35N5O2S. The quantitative estimate of drug-likeness (QED) is 0.455. The van der Waals surface area contributed by atoms with Crippen molar-refractivity contribution in [2.45, 2.75) is 39.3 Å². The molecule has 1 aliphatic heterocycles. The number of hydrogen-bond acceptors (Lipinski definition) is 6. The lowest BCUT2D eigenvalue weighted by Crippen LogP contribution is -2.46. The Bertz CT molecular complexity index is 816. The summed E-state index contributed by atoms with van der Waals surface area (Å²) in [6.45, 7) is 11.9. The second kappa shape index (κ2) is 12.0. The van der Waals surface area contributed by atoms with Gasteiger partial charge in [0.1, 0.15) is 10.8 Å². The van der Waals surface area contributed by atoms with Crippen LogP contribution in [0.5, 0.6) is 5.75 Å². The largest absolute Gasteiger partial charge is 0.497 e. The number of guanidine groups is 1. The third-order valence-electron chi connectivity index (χ3n) is 5.33. The van der Waals surface area contributed by atoms with Gasteiger partial charge in [0.2, 0.25) is 0 Å². The molecule has 0 amide bonds.